The smallest absolute Gasteiger partial charge is 0.251 e. The number of anilines is 1. The van der Waals surface area contributed by atoms with Gasteiger partial charge in [0.25, 0.3) is 5.91 Å². The van der Waals surface area contributed by atoms with Crippen LogP contribution in [0.3, 0.4) is 0 Å². The van der Waals surface area contributed by atoms with Gasteiger partial charge in [-0.3, -0.25) is 9.59 Å². The van der Waals surface area contributed by atoms with Crippen molar-refractivity contribution in [2.24, 2.45) is 0 Å². The molecule has 2 amide bonds. The summed E-state index contributed by atoms with van der Waals surface area (Å²) in [6.45, 7) is 4.11. The molecule has 0 aliphatic carbocycles. The highest BCUT2D eigenvalue weighted by atomic mass is 16.5. The number of carbonyl (C=O) groups excluding carboxylic acids is 2. The van der Waals surface area contributed by atoms with Crippen molar-refractivity contribution >= 4 is 17.5 Å². The molecular formula is C21H25N3O3. The summed E-state index contributed by atoms with van der Waals surface area (Å²) >= 11 is 0. The van der Waals surface area contributed by atoms with E-state index in [9.17, 15) is 9.59 Å². The molecule has 2 N–H and O–H groups in total. The zero-order chi connectivity index (χ0) is 18.9. The molecule has 0 saturated carbocycles. The van der Waals surface area contributed by atoms with Gasteiger partial charge >= 0.3 is 0 Å². The number of morpholine rings is 1. The molecule has 1 aliphatic heterocycles. The number of ether oxygens (including phenoxy) is 1. The van der Waals surface area contributed by atoms with E-state index in [0.29, 0.717) is 25.1 Å². The fourth-order valence-electron chi connectivity index (χ4n) is 2.96. The predicted octanol–water partition coefficient (Wildman–Crippen LogP) is 1.61. The highest BCUT2D eigenvalue weighted by Crippen LogP contribution is 2.16. The van der Waals surface area contributed by atoms with E-state index in [1.165, 1.54) is 0 Å². The Labute approximate surface area is 159 Å². The van der Waals surface area contributed by atoms with Gasteiger partial charge in [0.15, 0.2) is 0 Å². The van der Waals surface area contributed by atoms with Crippen LogP contribution < -0.4 is 15.5 Å². The summed E-state index contributed by atoms with van der Waals surface area (Å²) in [6.07, 6.45) is 0.329. The van der Waals surface area contributed by atoms with E-state index in [-0.39, 0.29) is 11.8 Å². The summed E-state index contributed by atoms with van der Waals surface area (Å²) < 4.78 is 5.36. The Kier molecular flexibility index (Phi) is 6.82. The molecule has 1 saturated heterocycles. The van der Waals surface area contributed by atoms with Crippen molar-refractivity contribution in [3.05, 3.63) is 65.7 Å². The molecule has 0 aromatic heterocycles. The Morgan fingerprint density at radius 1 is 0.889 bits per heavy atom. The van der Waals surface area contributed by atoms with Crippen molar-refractivity contribution in [2.45, 2.75) is 6.42 Å². The van der Waals surface area contributed by atoms with Crippen LogP contribution in [0.25, 0.3) is 0 Å². The summed E-state index contributed by atoms with van der Waals surface area (Å²) in [5, 5.41) is 5.63. The molecule has 0 radical (unpaired) electrons. The molecule has 0 atom stereocenters. The van der Waals surface area contributed by atoms with Gasteiger partial charge in [-0.25, -0.2) is 0 Å². The maximum absolute atomic E-state index is 12.1. The van der Waals surface area contributed by atoms with Crippen molar-refractivity contribution in [1.82, 2.24) is 10.6 Å². The minimum absolute atomic E-state index is 0.0527. The molecule has 0 unspecified atom stereocenters. The molecular weight excluding hydrogens is 342 g/mol. The third kappa shape index (κ3) is 5.82. The van der Waals surface area contributed by atoms with Crippen LogP contribution in [0.2, 0.25) is 0 Å². The lowest BCUT2D eigenvalue weighted by atomic mass is 10.1. The summed E-state index contributed by atoms with van der Waals surface area (Å²) in [4.78, 5) is 26.3. The van der Waals surface area contributed by atoms with Crippen molar-refractivity contribution in [3.63, 3.8) is 0 Å². The van der Waals surface area contributed by atoms with Gasteiger partial charge in [0.2, 0.25) is 5.91 Å². The SMILES string of the molecule is O=C(Cc1ccc(N2CCOCC2)cc1)NCCNC(=O)c1ccccc1. The second-order valence-electron chi connectivity index (χ2n) is 6.41. The normalized spacial score (nSPS) is 13.9. The number of hydrogen-bond donors (Lipinski definition) is 2. The first kappa shape index (κ1) is 18.9. The second-order valence-corrected chi connectivity index (χ2v) is 6.41. The lowest BCUT2D eigenvalue weighted by Crippen LogP contribution is -2.36. The Balaban J connectivity index is 1.37. The quantitative estimate of drug-likeness (QED) is 0.730. The maximum atomic E-state index is 12.1. The standard InChI is InChI=1S/C21H25N3O3/c25-20(22-10-11-23-21(26)18-4-2-1-3-5-18)16-17-6-8-19(9-7-17)24-12-14-27-15-13-24/h1-9H,10-16H2,(H,22,25)(H,23,26). The minimum Gasteiger partial charge on any atom is -0.378 e. The van der Waals surface area contributed by atoms with Crippen molar-refractivity contribution in [3.8, 4) is 0 Å². The van der Waals surface area contributed by atoms with Gasteiger partial charge in [0.05, 0.1) is 19.6 Å². The zero-order valence-corrected chi connectivity index (χ0v) is 15.3. The third-order valence-electron chi connectivity index (χ3n) is 4.45. The number of rotatable bonds is 7. The molecule has 6 heteroatoms. The van der Waals surface area contributed by atoms with Crippen LogP contribution in [-0.2, 0) is 16.0 Å². The molecule has 0 spiro atoms. The number of amides is 2. The van der Waals surface area contributed by atoms with Crippen molar-refractivity contribution in [1.29, 1.82) is 0 Å². The topological polar surface area (TPSA) is 70.7 Å². The van der Waals surface area contributed by atoms with Gasteiger partial charge in [-0.1, -0.05) is 30.3 Å². The van der Waals surface area contributed by atoms with Gasteiger partial charge in [0, 0.05) is 37.4 Å². The zero-order valence-electron chi connectivity index (χ0n) is 15.3. The van der Waals surface area contributed by atoms with Crippen molar-refractivity contribution in [2.75, 3.05) is 44.3 Å². The van der Waals surface area contributed by atoms with E-state index in [1.54, 1.807) is 12.1 Å². The number of nitrogens with zero attached hydrogens (tertiary/aromatic N) is 1. The maximum Gasteiger partial charge on any atom is 0.251 e. The largest absolute Gasteiger partial charge is 0.378 e. The summed E-state index contributed by atoms with van der Waals surface area (Å²) in [6, 6.07) is 17.1. The van der Waals surface area contributed by atoms with Gasteiger partial charge in [-0.05, 0) is 29.8 Å². The van der Waals surface area contributed by atoms with Crippen LogP contribution in [0.4, 0.5) is 5.69 Å². The van der Waals surface area contributed by atoms with E-state index >= 15 is 0 Å². The lowest BCUT2D eigenvalue weighted by molar-refractivity contribution is -0.120. The molecule has 1 fully saturated rings. The van der Waals surface area contributed by atoms with Crippen LogP contribution in [0, 0.1) is 0 Å². The van der Waals surface area contributed by atoms with E-state index < -0.39 is 0 Å². The molecule has 3 rings (SSSR count). The fourth-order valence-corrected chi connectivity index (χ4v) is 2.96. The predicted molar refractivity (Wildman–Crippen MR) is 105 cm³/mol. The van der Waals surface area contributed by atoms with Crippen LogP contribution in [-0.4, -0.2) is 51.2 Å². The number of benzene rings is 2. The van der Waals surface area contributed by atoms with E-state index in [0.717, 1.165) is 37.6 Å². The fraction of sp³-hybridized carbons (Fsp3) is 0.333. The molecule has 6 nitrogen and oxygen atoms in total. The van der Waals surface area contributed by atoms with E-state index in [4.69, 9.17) is 4.74 Å². The van der Waals surface area contributed by atoms with Crippen LogP contribution in [0.1, 0.15) is 15.9 Å². The summed E-state index contributed by atoms with van der Waals surface area (Å²) in [7, 11) is 0. The van der Waals surface area contributed by atoms with E-state index in [1.807, 2.05) is 42.5 Å². The van der Waals surface area contributed by atoms with Crippen LogP contribution in [0.15, 0.2) is 54.6 Å². The van der Waals surface area contributed by atoms with Crippen molar-refractivity contribution < 1.29 is 14.3 Å². The molecule has 0 bridgehead atoms. The summed E-state index contributed by atoms with van der Waals surface area (Å²) in [5.41, 5.74) is 2.74. The highest BCUT2D eigenvalue weighted by Gasteiger charge is 2.11. The first-order valence-electron chi connectivity index (χ1n) is 9.24. The average molecular weight is 367 g/mol. The Morgan fingerprint density at radius 2 is 1.56 bits per heavy atom. The third-order valence-corrected chi connectivity index (χ3v) is 4.45. The average Bonchev–Trinajstić information content (AvgIpc) is 2.73. The van der Waals surface area contributed by atoms with Gasteiger partial charge < -0.3 is 20.3 Å². The van der Waals surface area contributed by atoms with E-state index in [2.05, 4.69) is 15.5 Å². The Morgan fingerprint density at radius 3 is 2.26 bits per heavy atom. The molecule has 2 aromatic rings. The van der Waals surface area contributed by atoms with Gasteiger partial charge in [-0.15, -0.1) is 0 Å². The monoisotopic (exact) mass is 367 g/mol. The molecule has 1 heterocycles. The Bertz CT molecular complexity index is 741. The summed E-state index contributed by atoms with van der Waals surface area (Å²) in [5.74, 6) is -0.188. The Hall–Kier alpha value is -2.86. The highest BCUT2D eigenvalue weighted by molar-refractivity contribution is 5.94. The number of hydrogen-bond acceptors (Lipinski definition) is 4. The first-order chi connectivity index (χ1) is 13.2. The molecule has 1 aliphatic rings. The first-order valence-corrected chi connectivity index (χ1v) is 9.24. The van der Waals surface area contributed by atoms with Gasteiger partial charge in [0.1, 0.15) is 0 Å². The number of nitrogens with one attached hydrogen (secondary N) is 2. The lowest BCUT2D eigenvalue weighted by Gasteiger charge is -2.28. The van der Waals surface area contributed by atoms with Crippen LogP contribution >= 0.6 is 0 Å². The number of carbonyl (C=O) groups is 2. The van der Waals surface area contributed by atoms with Gasteiger partial charge in [-0.2, -0.15) is 0 Å². The second kappa shape index (κ2) is 9.73. The molecule has 2 aromatic carbocycles. The minimum atomic E-state index is -0.136. The van der Waals surface area contributed by atoms with Crippen LogP contribution in [0.5, 0.6) is 0 Å². The molecule has 142 valence electrons. The molecule has 27 heavy (non-hydrogen) atoms.